The Bertz CT molecular complexity index is 993. The maximum Gasteiger partial charge on any atom is 0.268 e. The number of hydrogen-bond acceptors (Lipinski definition) is 2. The van der Waals surface area contributed by atoms with Crippen molar-refractivity contribution in [2.45, 2.75) is 32.9 Å². The van der Waals surface area contributed by atoms with Gasteiger partial charge in [-0.15, -0.1) is 0 Å². The largest absolute Gasteiger partial charge is 0.489 e. The molecule has 28 heavy (non-hydrogen) atoms. The summed E-state index contributed by atoms with van der Waals surface area (Å²) in [6.07, 6.45) is 2.58. The molecule has 0 saturated carbocycles. The molecule has 3 aromatic rings. The summed E-state index contributed by atoms with van der Waals surface area (Å²) in [5, 5.41) is 4.64. The minimum absolute atomic E-state index is 0.0951. The highest BCUT2D eigenvalue weighted by atomic mass is 35.5. The van der Waals surface area contributed by atoms with E-state index in [9.17, 15) is 4.79 Å². The van der Waals surface area contributed by atoms with Gasteiger partial charge < -0.3 is 14.6 Å². The van der Waals surface area contributed by atoms with Crippen molar-refractivity contribution in [1.82, 2.24) is 9.88 Å². The molecule has 1 amide bonds. The summed E-state index contributed by atoms with van der Waals surface area (Å²) in [6.45, 7) is 8.71. The first-order chi connectivity index (χ1) is 13.5. The molecule has 0 bridgehead atoms. The molecule has 4 nitrogen and oxygen atoms in total. The summed E-state index contributed by atoms with van der Waals surface area (Å²) in [4.78, 5) is 13.0. The first kappa shape index (κ1) is 20.0. The Hall–Kier alpha value is -2.72. The van der Waals surface area contributed by atoms with Crippen molar-refractivity contribution in [2.75, 3.05) is 6.61 Å². The molecule has 1 aromatic heterocycles. The van der Waals surface area contributed by atoms with Crippen LogP contribution in [0.3, 0.4) is 0 Å². The number of nitrogens with zero attached hydrogens (tertiary/aromatic N) is 1. The number of aromatic nitrogens is 1. The van der Waals surface area contributed by atoms with E-state index < -0.39 is 0 Å². The zero-order valence-electron chi connectivity index (χ0n) is 16.2. The smallest absolute Gasteiger partial charge is 0.268 e. The maximum atomic E-state index is 13.0. The number of benzene rings is 2. The highest BCUT2D eigenvalue weighted by Crippen LogP contribution is 2.30. The highest BCUT2D eigenvalue weighted by Gasteiger charge is 2.19. The van der Waals surface area contributed by atoms with E-state index in [1.54, 1.807) is 6.08 Å². The van der Waals surface area contributed by atoms with E-state index in [2.05, 4.69) is 11.9 Å². The molecule has 0 fully saturated rings. The second kappa shape index (κ2) is 8.98. The lowest BCUT2D eigenvalue weighted by molar-refractivity contribution is 0.0931. The van der Waals surface area contributed by atoms with Crippen LogP contribution in [-0.4, -0.2) is 23.1 Å². The average Bonchev–Trinajstić information content (AvgIpc) is 3.05. The van der Waals surface area contributed by atoms with Crippen LogP contribution in [0.1, 0.15) is 36.3 Å². The SMILES string of the molecule is C=CCOc1cccc2c1cc(C(=O)NC(C)CC)n2Cc1cccc(Cl)c1. The summed E-state index contributed by atoms with van der Waals surface area (Å²) in [5.41, 5.74) is 2.57. The number of hydrogen-bond donors (Lipinski definition) is 1. The predicted octanol–water partition coefficient (Wildman–Crippen LogP) is 5.44. The Morgan fingerprint density at radius 2 is 2.07 bits per heavy atom. The van der Waals surface area contributed by atoms with Crippen molar-refractivity contribution in [3.05, 3.63) is 77.5 Å². The topological polar surface area (TPSA) is 43.3 Å². The third-order valence-electron chi connectivity index (χ3n) is 4.71. The molecule has 0 aliphatic heterocycles. The first-order valence-electron chi connectivity index (χ1n) is 9.44. The highest BCUT2D eigenvalue weighted by molar-refractivity contribution is 6.30. The van der Waals surface area contributed by atoms with Gasteiger partial charge in [0.15, 0.2) is 0 Å². The monoisotopic (exact) mass is 396 g/mol. The minimum atomic E-state index is -0.0951. The lowest BCUT2D eigenvalue weighted by atomic mass is 10.2. The van der Waals surface area contributed by atoms with Gasteiger partial charge in [0.05, 0.1) is 5.52 Å². The fourth-order valence-corrected chi connectivity index (χ4v) is 3.32. The number of carbonyl (C=O) groups excluding carboxylic acids is 1. The zero-order chi connectivity index (χ0) is 20.1. The van der Waals surface area contributed by atoms with Gasteiger partial charge in [-0.3, -0.25) is 4.79 Å². The normalized spacial score (nSPS) is 12.0. The number of fused-ring (bicyclic) bond motifs is 1. The van der Waals surface area contributed by atoms with Crippen molar-refractivity contribution < 1.29 is 9.53 Å². The van der Waals surface area contributed by atoms with E-state index in [-0.39, 0.29) is 11.9 Å². The van der Waals surface area contributed by atoms with Crippen molar-refractivity contribution in [3.8, 4) is 5.75 Å². The van der Waals surface area contributed by atoms with Crippen LogP contribution in [0.25, 0.3) is 10.9 Å². The molecule has 1 atom stereocenters. The third-order valence-corrected chi connectivity index (χ3v) is 4.95. The predicted molar refractivity (Wildman–Crippen MR) is 115 cm³/mol. The van der Waals surface area contributed by atoms with Gasteiger partial charge in [-0.05, 0) is 49.2 Å². The molecule has 1 unspecified atom stereocenters. The van der Waals surface area contributed by atoms with Crippen LogP contribution in [0.2, 0.25) is 5.02 Å². The third kappa shape index (κ3) is 4.39. The molecule has 5 heteroatoms. The summed E-state index contributed by atoms with van der Waals surface area (Å²) in [7, 11) is 0. The van der Waals surface area contributed by atoms with E-state index in [4.69, 9.17) is 16.3 Å². The summed E-state index contributed by atoms with van der Waals surface area (Å²) < 4.78 is 7.82. The summed E-state index contributed by atoms with van der Waals surface area (Å²) in [6, 6.07) is 15.5. The zero-order valence-corrected chi connectivity index (χ0v) is 17.0. The molecule has 2 aromatic carbocycles. The summed E-state index contributed by atoms with van der Waals surface area (Å²) >= 11 is 6.16. The van der Waals surface area contributed by atoms with Crippen LogP contribution >= 0.6 is 11.6 Å². The summed E-state index contributed by atoms with van der Waals surface area (Å²) in [5.74, 6) is 0.641. The molecular weight excluding hydrogens is 372 g/mol. The van der Waals surface area contributed by atoms with Crippen LogP contribution in [0.15, 0.2) is 61.2 Å². The molecule has 0 radical (unpaired) electrons. The van der Waals surface area contributed by atoms with E-state index in [1.807, 2.05) is 66.9 Å². The Labute approximate surface area is 170 Å². The fraction of sp³-hybridized carbons (Fsp3) is 0.261. The van der Waals surface area contributed by atoms with Crippen LogP contribution in [0, 0.1) is 0 Å². The standard InChI is InChI=1S/C23H25ClN2O2/c1-4-12-28-22-11-7-10-20-19(22)14-21(23(27)25-16(3)5-2)26(20)15-17-8-6-9-18(24)13-17/h4,6-11,13-14,16H,1,5,12,15H2,2-3H3,(H,25,27). The van der Waals surface area contributed by atoms with Gasteiger partial charge in [0, 0.05) is 23.0 Å². The Balaban J connectivity index is 2.10. The van der Waals surface area contributed by atoms with Crippen LogP contribution in [0.4, 0.5) is 0 Å². The Kier molecular flexibility index (Phi) is 6.42. The molecule has 1 N–H and O–H groups in total. The van der Waals surface area contributed by atoms with Crippen LogP contribution in [0.5, 0.6) is 5.75 Å². The molecule has 1 heterocycles. The van der Waals surface area contributed by atoms with Crippen LogP contribution < -0.4 is 10.1 Å². The minimum Gasteiger partial charge on any atom is -0.489 e. The van der Waals surface area contributed by atoms with E-state index in [0.717, 1.165) is 28.6 Å². The van der Waals surface area contributed by atoms with Gasteiger partial charge in [-0.2, -0.15) is 0 Å². The van der Waals surface area contributed by atoms with Crippen molar-refractivity contribution in [3.63, 3.8) is 0 Å². The number of carbonyl (C=O) groups is 1. The molecule has 0 saturated heterocycles. The lowest BCUT2D eigenvalue weighted by Gasteiger charge is -2.14. The number of ether oxygens (including phenoxy) is 1. The van der Waals surface area contributed by atoms with Crippen molar-refractivity contribution >= 4 is 28.4 Å². The number of halogens is 1. The quantitative estimate of drug-likeness (QED) is 0.515. The fourth-order valence-electron chi connectivity index (χ4n) is 3.11. The van der Waals surface area contributed by atoms with Crippen molar-refractivity contribution in [2.24, 2.45) is 0 Å². The van der Waals surface area contributed by atoms with Gasteiger partial charge in [-0.25, -0.2) is 0 Å². The molecule has 0 aliphatic carbocycles. The number of amides is 1. The molecule has 146 valence electrons. The van der Waals surface area contributed by atoms with Gasteiger partial charge in [-0.1, -0.05) is 49.4 Å². The first-order valence-corrected chi connectivity index (χ1v) is 9.82. The van der Waals surface area contributed by atoms with E-state index >= 15 is 0 Å². The van der Waals surface area contributed by atoms with Gasteiger partial charge in [0.2, 0.25) is 0 Å². The van der Waals surface area contributed by atoms with E-state index in [0.29, 0.717) is 23.9 Å². The van der Waals surface area contributed by atoms with Gasteiger partial charge >= 0.3 is 0 Å². The van der Waals surface area contributed by atoms with Crippen LogP contribution in [-0.2, 0) is 6.54 Å². The molecule has 0 spiro atoms. The molecule has 0 aliphatic rings. The second-order valence-corrected chi connectivity index (χ2v) is 7.25. The second-order valence-electron chi connectivity index (χ2n) is 6.82. The van der Waals surface area contributed by atoms with Crippen molar-refractivity contribution in [1.29, 1.82) is 0 Å². The van der Waals surface area contributed by atoms with E-state index in [1.165, 1.54) is 0 Å². The average molecular weight is 397 g/mol. The lowest BCUT2D eigenvalue weighted by Crippen LogP contribution is -2.33. The number of nitrogens with one attached hydrogen (secondary N) is 1. The Morgan fingerprint density at radius 3 is 2.79 bits per heavy atom. The maximum absolute atomic E-state index is 13.0. The molecular formula is C23H25ClN2O2. The molecule has 3 rings (SSSR count). The van der Waals surface area contributed by atoms with Gasteiger partial charge in [0.25, 0.3) is 5.91 Å². The van der Waals surface area contributed by atoms with Gasteiger partial charge in [0.1, 0.15) is 18.1 Å². The Morgan fingerprint density at radius 1 is 1.29 bits per heavy atom. The number of rotatable bonds is 8.